The fraction of sp³-hybridized carbons (Fsp3) is 0.692. The van der Waals surface area contributed by atoms with Crippen LogP contribution in [-0.2, 0) is 5.54 Å². The highest BCUT2D eigenvalue weighted by atomic mass is 16.1. The van der Waals surface area contributed by atoms with Gasteiger partial charge in [-0.2, -0.15) is 0 Å². The zero-order valence-electron chi connectivity index (χ0n) is 11.7. The van der Waals surface area contributed by atoms with Gasteiger partial charge in [-0.3, -0.25) is 4.79 Å². The number of nitrogens with zero attached hydrogens (tertiary/aromatic N) is 2. The molecule has 1 aromatic heterocycles. The van der Waals surface area contributed by atoms with Crippen molar-refractivity contribution in [2.24, 2.45) is 0 Å². The lowest BCUT2D eigenvalue weighted by atomic mass is 10.0. The topological polar surface area (TPSA) is 46.9 Å². The van der Waals surface area contributed by atoms with Gasteiger partial charge in [0, 0.05) is 23.5 Å². The third kappa shape index (κ3) is 3.32. The summed E-state index contributed by atoms with van der Waals surface area (Å²) in [5, 5.41) is 3.20. The lowest BCUT2D eigenvalue weighted by molar-refractivity contribution is 0.382. The maximum Gasteiger partial charge on any atom is 0.293 e. The van der Waals surface area contributed by atoms with Crippen LogP contribution < -0.4 is 10.9 Å². The summed E-state index contributed by atoms with van der Waals surface area (Å²) in [5.74, 6) is 0.425. The number of nitrogens with one attached hydrogen (secondary N) is 1. The molecular formula is C13H23N3O. The van der Waals surface area contributed by atoms with Crippen molar-refractivity contribution in [3.8, 4) is 0 Å². The van der Waals surface area contributed by atoms with E-state index in [1.807, 2.05) is 20.8 Å². The third-order valence-corrected chi connectivity index (χ3v) is 2.90. The van der Waals surface area contributed by atoms with E-state index in [1.54, 1.807) is 17.0 Å². The molecule has 0 saturated carbocycles. The molecule has 1 heterocycles. The molecule has 0 aliphatic heterocycles. The molecule has 1 aromatic rings. The molecule has 1 rings (SSSR count). The predicted molar refractivity (Wildman–Crippen MR) is 71.5 cm³/mol. The van der Waals surface area contributed by atoms with E-state index in [4.69, 9.17) is 0 Å². The van der Waals surface area contributed by atoms with Crippen LogP contribution in [0.1, 0.15) is 48.0 Å². The summed E-state index contributed by atoms with van der Waals surface area (Å²) in [6.07, 6.45) is 4.33. The van der Waals surface area contributed by atoms with Crippen LogP contribution in [0, 0.1) is 0 Å². The minimum absolute atomic E-state index is 0.0680. The number of hydrogen-bond donors (Lipinski definition) is 1. The van der Waals surface area contributed by atoms with Gasteiger partial charge in [0.25, 0.3) is 5.56 Å². The minimum atomic E-state index is -0.229. The Morgan fingerprint density at radius 3 is 2.35 bits per heavy atom. The lowest BCUT2D eigenvalue weighted by Crippen LogP contribution is -2.39. The van der Waals surface area contributed by atoms with Gasteiger partial charge >= 0.3 is 0 Å². The van der Waals surface area contributed by atoms with Crippen LogP contribution in [-0.4, -0.2) is 15.1 Å². The molecule has 0 unspecified atom stereocenters. The minimum Gasteiger partial charge on any atom is -0.361 e. The molecule has 0 bridgehead atoms. The van der Waals surface area contributed by atoms with E-state index in [2.05, 4.69) is 31.1 Å². The highest BCUT2D eigenvalue weighted by Gasteiger charge is 2.20. The average Bonchev–Trinajstić information content (AvgIpc) is 2.19. The van der Waals surface area contributed by atoms with Crippen LogP contribution in [0.25, 0.3) is 0 Å². The second-order valence-electron chi connectivity index (χ2n) is 5.98. The molecule has 0 aromatic carbocycles. The Morgan fingerprint density at radius 2 is 1.88 bits per heavy atom. The van der Waals surface area contributed by atoms with Gasteiger partial charge in [-0.15, -0.1) is 0 Å². The Kier molecular flexibility index (Phi) is 3.65. The quantitative estimate of drug-likeness (QED) is 0.879. The van der Waals surface area contributed by atoms with Crippen molar-refractivity contribution in [2.45, 2.75) is 59.0 Å². The molecule has 1 N–H and O–H groups in total. The van der Waals surface area contributed by atoms with E-state index in [1.165, 1.54) is 0 Å². The number of hydrogen-bond acceptors (Lipinski definition) is 3. The molecule has 0 saturated heterocycles. The second kappa shape index (κ2) is 4.51. The summed E-state index contributed by atoms with van der Waals surface area (Å²) >= 11 is 0. The van der Waals surface area contributed by atoms with Crippen LogP contribution in [0.2, 0.25) is 0 Å². The van der Waals surface area contributed by atoms with E-state index >= 15 is 0 Å². The van der Waals surface area contributed by atoms with E-state index in [0.29, 0.717) is 5.82 Å². The van der Waals surface area contributed by atoms with Crippen LogP contribution in [0.5, 0.6) is 0 Å². The van der Waals surface area contributed by atoms with Crippen molar-refractivity contribution in [3.63, 3.8) is 0 Å². The third-order valence-electron chi connectivity index (χ3n) is 2.90. The Hall–Kier alpha value is -1.32. The summed E-state index contributed by atoms with van der Waals surface area (Å²) in [6.45, 7) is 12.2. The van der Waals surface area contributed by atoms with E-state index in [9.17, 15) is 4.79 Å². The smallest absolute Gasteiger partial charge is 0.293 e. The Labute approximate surface area is 103 Å². The van der Waals surface area contributed by atoms with Gasteiger partial charge in [-0.1, -0.05) is 6.92 Å². The summed E-state index contributed by atoms with van der Waals surface area (Å²) in [4.78, 5) is 16.4. The predicted octanol–water partition coefficient (Wildman–Crippen LogP) is 2.60. The zero-order valence-corrected chi connectivity index (χ0v) is 11.7. The molecule has 0 radical (unpaired) electrons. The van der Waals surface area contributed by atoms with Crippen molar-refractivity contribution in [1.29, 1.82) is 0 Å². The first-order chi connectivity index (χ1) is 7.67. The molecule has 4 nitrogen and oxygen atoms in total. The van der Waals surface area contributed by atoms with Crippen molar-refractivity contribution in [1.82, 2.24) is 9.55 Å². The number of anilines is 1. The summed E-state index contributed by atoms with van der Waals surface area (Å²) in [5.41, 5.74) is -0.419. The average molecular weight is 237 g/mol. The van der Waals surface area contributed by atoms with Crippen molar-refractivity contribution in [3.05, 3.63) is 22.7 Å². The van der Waals surface area contributed by atoms with E-state index < -0.39 is 0 Å². The van der Waals surface area contributed by atoms with E-state index in [0.717, 1.165) is 6.42 Å². The summed E-state index contributed by atoms with van der Waals surface area (Å²) in [6, 6.07) is 0. The van der Waals surface area contributed by atoms with Crippen molar-refractivity contribution < 1.29 is 0 Å². The number of aromatic nitrogens is 2. The molecule has 17 heavy (non-hydrogen) atoms. The molecule has 0 fully saturated rings. The van der Waals surface area contributed by atoms with Crippen molar-refractivity contribution in [2.75, 3.05) is 5.32 Å². The first-order valence-electron chi connectivity index (χ1n) is 6.04. The maximum absolute atomic E-state index is 12.2. The number of rotatable bonds is 3. The first kappa shape index (κ1) is 13.7. The van der Waals surface area contributed by atoms with Crippen LogP contribution >= 0.6 is 0 Å². The van der Waals surface area contributed by atoms with Gasteiger partial charge in [0.1, 0.15) is 0 Å². The molecule has 0 aliphatic rings. The monoisotopic (exact) mass is 237 g/mol. The standard InChI is InChI=1S/C13H23N3O/c1-7-13(5,6)15-10-11(17)16(9-8-14-10)12(2,3)4/h8-9H,7H2,1-6H3,(H,14,15). The molecule has 0 aliphatic carbocycles. The van der Waals surface area contributed by atoms with E-state index in [-0.39, 0.29) is 16.6 Å². The van der Waals surface area contributed by atoms with Crippen LogP contribution in [0.4, 0.5) is 5.82 Å². The summed E-state index contributed by atoms with van der Waals surface area (Å²) < 4.78 is 1.70. The SMILES string of the molecule is CCC(C)(C)Nc1nccn(C(C)(C)C)c1=O. The van der Waals surface area contributed by atoms with Crippen molar-refractivity contribution >= 4 is 5.82 Å². The fourth-order valence-corrected chi connectivity index (χ4v) is 1.43. The molecule has 0 amide bonds. The summed E-state index contributed by atoms with van der Waals surface area (Å²) in [7, 11) is 0. The maximum atomic E-state index is 12.2. The second-order valence-corrected chi connectivity index (χ2v) is 5.98. The zero-order chi connectivity index (χ0) is 13.3. The van der Waals surface area contributed by atoms with Gasteiger partial charge in [0.05, 0.1) is 0 Å². The first-order valence-corrected chi connectivity index (χ1v) is 6.04. The van der Waals surface area contributed by atoms with Gasteiger partial charge in [-0.25, -0.2) is 4.98 Å². The Morgan fingerprint density at radius 1 is 1.29 bits per heavy atom. The molecule has 0 spiro atoms. The molecule has 96 valence electrons. The van der Waals surface area contributed by atoms with Gasteiger partial charge in [0.2, 0.25) is 0 Å². The molecule has 0 atom stereocenters. The van der Waals surface area contributed by atoms with Gasteiger partial charge in [0.15, 0.2) is 5.82 Å². The largest absolute Gasteiger partial charge is 0.361 e. The fourth-order valence-electron chi connectivity index (χ4n) is 1.43. The van der Waals surface area contributed by atoms with Crippen LogP contribution in [0.3, 0.4) is 0 Å². The van der Waals surface area contributed by atoms with Crippen LogP contribution in [0.15, 0.2) is 17.2 Å². The molecule has 4 heteroatoms. The molecular weight excluding hydrogens is 214 g/mol. The normalized spacial score (nSPS) is 12.6. The Balaban J connectivity index is 3.17. The highest BCUT2D eigenvalue weighted by Crippen LogP contribution is 2.15. The highest BCUT2D eigenvalue weighted by molar-refractivity contribution is 5.34. The van der Waals surface area contributed by atoms with Gasteiger partial charge in [-0.05, 0) is 41.0 Å². The Bertz CT molecular complexity index is 441. The lowest BCUT2D eigenvalue weighted by Gasteiger charge is -2.27. The van der Waals surface area contributed by atoms with Gasteiger partial charge < -0.3 is 9.88 Å².